The topological polar surface area (TPSA) is 65.2 Å². The number of amides is 2. The first kappa shape index (κ1) is 17.6. The van der Waals surface area contributed by atoms with Gasteiger partial charge in [0, 0.05) is 34.7 Å². The molecular weight excluding hydrogens is 362 g/mol. The molecule has 1 aromatic heterocycles. The van der Waals surface area contributed by atoms with Gasteiger partial charge in [0.1, 0.15) is 5.69 Å². The van der Waals surface area contributed by atoms with E-state index in [1.807, 2.05) is 30.3 Å². The second-order valence-electron chi connectivity index (χ2n) is 6.86. The lowest BCUT2D eigenvalue weighted by Crippen LogP contribution is -2.43. The van der Waals surface area contributed by atoms with Gasteiger partial charge >= 0.3 is 0 Å². The van der Waals surface area contributed by atoms with Crippen LogP contribution in [0.1, 0.15) is 23.3 Å². The number of H-pyrrole nitrogens is 1. The summed E-state index contributed by atoms with van der Waals surface area (Å²) in [6.45, 7) is 1.08. The molecule has 4 rings (SSSR count). The fourth-order valence-corrected chi connectivity index (χ4v) is 3.74. The molecule has 5 nitrogen and oxygen atoms in total. The fourth-order valence-electron chi connectivity index (χ4n) is 3.55. The Balaban J connectivity index is 1.45. The first-order chi connectivity index (χ1) is 13.1. The number of likely N-dealkylation sites (tertiary alicyclic amines) is 1. The summed E-state index contributed by atoms with van der Waals surface area (Å²) < 4.78 is 0. The number of rotatable bonds is 3. The van der Waals surface area contributed by atoms with Gasteiger partial charge in [-0.15, -0.1) is 0 Å². The minimum absolute atomic E-state index is 0.0635. The molecule has 2 aromatic carbocycles. The quantitative estimate of drug-likeness (QED) is 0.709. The van der Waals surface area contributed by atoms with Crippen molar-refractivity contribution in [3.05, 3.63) is 65.3 Å². The van der Waals surface area contributed by atoms with Crippen molar-refractivity contribution in [3.63, 3.8) is 0 Å². The number of fused-ring (bicyclic) bond motifs is 1. The molecule has 0 bridgehead atoms. The van der Waals surface area contributed by atoms with E-state index in [1.54, 1.807) is 29.2 Å². The van der Waals surface area contributed by atoms with Gasteiger partial charge in [0.05, 0.1) is 5.92 Å². The molecule has 0 unspecified atom stereocenters. The van der Waals surface area contributed by atoms with Crippen molar-refractivity contribution in [2.45, 2.75) is 12.8 Å². The number of hydrogen-bond acceptors (Lipinski definition) is 2. The monoisotopic (exact) mass is 381 g/mol. The zero-order valence-electron chi connectivity index (χ0n) is 14.7. The Hall–Kier alpha value is -2.79. The van der Waals surface area contributed by atoms with Gasteiger partial charge in [0.2, 0.25) is 5.91 Å². The Morgan fingerprint density at radius 1 is 1.11 bits per heavy atom. The van der Waals surface area contributed by atoms with Gasteiger partial charge in [-0.3, -0.25) is 9.59 Å². The van der Waals surface area contributed by atoms with Crippen LogP contribution in [0.2, 0.25) is 5.02 Å². The van der Waals surface area contributed by atoms with Crippen LogP contribution < -0.4 is 5.32 Å². The Bertz CT molecular complexity index is 965. The Kier molecular flexibility index (Phi) is 4.86. The van der Waals surface area contributed by atoms with Gasteiger partial charge < -0.3 is 15.2 Å². The van der Waals surface area contributed by atoms with Crippen molar-refractivity contribution in [3.8, 4) is 0 Å². The Morgan fingerprint density at radius 3 is 2.78 bits per heavy atom. The fraction of sp³-hybridized carbons (Fsp3) is 0.238. The number of halogens is 1. The highest BCUT2D eigenvalue weighted by atomic mass is 35.5. The first-order valence-electron chi connectivity index (χ1n) is 9.03. The molecule has 2 N–H and O–H groups in total. The van der Waals surface area contributed by atoms with Crippen molar-refractivity contribution in [1.82, 2.24) is 9.88 Å². The molecule has 3 aromatic rings. The molecular formula is C21H20ClN3O2. The predicted octanol–water partition coefficient (Wildman–Crippen LogP) is 4.31. The van der Waals surface area contributed by atoms with Crippen LogP contribution >= 0.6 is 11.6 Å². The average Bonchev–Trinajstić information content (AvgIpc) is 3.12. The largest absolute Gasteiger partial charge is 0.351 e. The second kappa shape index (κ2) is 7.45. The van der Waals surface area contributed by atoms with E-state index < -0.39 is 0 Å². The van der Waals surface area contributed by atoms with E-state index >= 15 is 0 Å². The summed E-state index contributed by atoms with van der Waals surface area (Å²) in [5, 5.41) is 4.49. The number of carbonyl (C=O) groups excluding carboxylic acids is 2. The Labute approximate surface area is 162 Å². The molecule has 1 atom stereocenters. The highest BCUT2D eigenvalue weighted by Crippen LogP contribution is 2.23. The van der Waals surface area contributed by atoms with Crippen molar-refractivity contribution >= 4 is 40.0 Å². The molecule has 1 fully saturated rings. The first-order valence-corrected chi connectivity index (χ1v) is 9.41. The predicted molar refractivity (Wildman–Crippen MR) is 107 cm³/mol. The lowest BCUT2D eigenvalue weighted by atomic mass is 9.96. The third kappa shape index (κ3) is 3.83. The summed E-state index contributed by atoms with van der Waals surface area (Å²) >= 11 is 5.97. The molecule has 2 amide bonds. The molecule has 0 aliphatic carbocycles. The lowest BCUT2D eigenvalue weighted by Gasteiger charge is -2.31. The summed E-state index contributed by atoms with van der Waals surface area (Å²) in [5.41, 5.74) is 2.17. The van der Waals surface area contributed by atoms with Crippen LogP contribution in [-0.4, -0.2) is 34.8 Å². The standard InChI is InChI=1S/C21H20ClN3O2/c22-16-7-3-8-17(12-16)23-20(26)15-6-4-10-25(13-15)21(27)19-11-14-5-1-2-9-18(14)24-19/h1-3,5,7-9,11-12,15,24H,4,6,10,13H2,(H,23,26)/t15-/m0/s1. The zero-order chi connectivity index (χ0) is 18.8. The van der Waals surface area contributed by atoms with Gasteiger partial charge in [0.15, 0.2) is 0 Å². The normalized spacial score (nSPS) is 17.1. The van der Waals surface area contributed by atoms with Crippen LogP contribution in [0.3, 0.4) is 0 Å². The van der Waals surface area contributed by atoms with E-state index in [4.69, 9.17) is 11.6 Å². The maximum Gasteiger partial charge on any atom is 0.270 e. The minimum atomic E-state index is -0.231. The smallest absolute Gasteiger partial charge is 0.270 e. The van der Waals surface area contributed by atoms with Crippen LogP contribution in [0.15, 0.2) is 54.6 Å². The molecule has 1 saturated heterocycles. The van der Waals surface area contributed by atoms with E-state index in [1.165, 1.54) is 0 Å². The summed E-state index contributed by atoms with van der Waals surface area (Å²) in [6.07, 6.45) is 1.57. The number of benzene rings is 2. The lowest BCUT2D eigenvalue weighted by molar-refractivity contribution is -0.121. The summed E-state index contributed by atoms with van der Waals surface area (Å²) in [4.78, 5) is 30.4. The number of carbonyl (C=O) groups is 2. The average molecular weight is 382 g/mol. The number of nitrogens with one attached hydrogen (secondary N) is 2. The number of para-hydroxylation sites is 1. The third-order valence-electron chi connectivity index (χ3n) is 4.93. The maximum absolute atomic E-state index is 12.9. The number of nitrogens with zero attached hydrogens (tertiary/aromatic N) is 1. The molecule has 1 aliphatic heterocycles. The van der Waals surface area contributed by atoms with Gasteiger partial charge in [-0.25, -0.2) is 0 Å². The molecule has 1 aliphatic rings. The van der Waals surface area contributed by atoms with Crippen LogP contribution in [0.25, 0.3) is 10.9 Å². The van der Waals surface area contributed by atoms with E-state index in [0.717, 1.165) is 23.7 Å². The summed E-state index contributed by atoms with van der Waals surface area (Å²) in [6, 6.07) is 16.8. The zero-order valence-corrected chi connectivity index (χ0v) is 15.5. The minimum Gasteiger partial charge on any atom is -0.351 e. The molecule has 0 spiro atoms. The SMILES string of the molecule is O=C(Nc1cccc(Cl)c1)[C@H]1CCCN(C(=O)c2cc3ccccc3[nH]2)C1. The summed E-state index contributed by atoms with van der Waals surface area (Å²) in [5.74, 6) is -0.371. The van der Waals surface area contributed by atoms with E-state index in [0.29, 0.717) is 29.5 Å². The second-order valence-corrected chi connectivity index (χ2v) is 7.30. The molecule has 6 heteroatoms. The van der Waals surface area contributed by atoms with E-state index in [9.17, 15) is 9.59 Å². The highest BCUT2D eigenvalue weighted by molar-refractivity contribution is 6.30. The van der Waals surface area contributed by atoms with Crippen LogP contribution in [-0.2, 0) is 4.79 Å². The molecule has 0 radical (unpaired) electrons. The van der Waals surface area contributed by atoms with Gasteiger partial charge in [-0.05, 0) is 43.2 Å². The van der Waals surface area contributed by atoms with E-state index in [-0.39, 0.29) is 17.7 Å². The van der Waals surface area contributed by atoms with Crippen LogP contribution in [0.4, 0.5) is 5.69 Å². The molecule has 27 heavy (non-hydrogen) atoms. The molecule has 2 heterocycles. The Morgan fingerprint density at radius 2 is 1.96 bits per heavy atom. The van der Waals surface area contributed by atoms with Gasteiger partial charge in [-0.2, -0.15) is 0 Å². The molecule has 138 valence electrons. The van der Waals surface area contributed by atoms with Gasteiger partial charge in [0.25, 0.3) is 5.91 Å². The van der Waals surface area contributed by atoms with E-state index in [2.05, 4.69) is 10.3 Å². The number of piperidine rings is 1. The number of anilines is 1. The highest BCUT2D eigenvalue weighted by Gasteiger charge is 2.29. The van der Waals surface area contributed by atoms with Crippen LogP contribution in [0, 0.1) is 5.92 Å². The van der Waals surface area contributed by atoms with Crippen molar-refractivity contribution in [2.75, 3.05) is 18.4 Å². The maximum atomic E-state index is 12.9. The van der Waals surface area contributed by atoms with Crippen LogP contribution in [0.5, 0.6) is 0 Å². The number of hydrogen-bond donors (Lipinski definition) is 2. The van der Waals surface area contributed by atoms with Gasteiger partial charge in [-0.1, -0.05) is 35.9 Å². The number of aromatic amines is 1. The van der Waals surface area contributed by atoms with Crippen molar-refractivity contribution in [1.29, 1.82) is 0 Å². The van der Waals surface area contributed by atoms with Crippen molar-refractivity contribution < 1.29 is 9.59 Å². The third-order valence-corrected chi connectivity index (χ3v) is 5.17. The molecule has 0 saturated carbocycles. The van der Waals surface area contributed by atoms with Crippen molar-refractivity contribution in [2.24, 2.45) is 5.92 Å². The summed E-state index contributed by atoms with van der Waals surface area (Å²) in [7, 11) is 0. The number of aromatic nitrogens is 1.